The van der Waals surface area contributed by atoms with E-state index in [1.54, 1.807) is 12.1 Å². The summed E-state index contributed by atoms with van der Waals surface area (Å²) in [4.78, 5) is 11.8. The molecule has 0 radical (unpaired) electrons. The molecule has 0 saturated heterocycles. The van der Waals surface area contributed by atoms with Crippen molar-refractivity contribution in [3.63, 3.8) is 0 Å². The van der Waals surface area contributed by atoms with Crippen LogP contribution in [0.2, 0.25) is 18.1 Å². The Morgan fingerprint density at radius 1 is 1.18 bits per heavy atom. The van der Waals surface area contributed by atoms with E-state index < -0.39 is 14.3 Å². The first-order chi connectivity index (χ1) is 10.1. The Morgan fingerprint density at radius 2 is 1.73 bits per heavy atom. The van der Waals surface area contributed by atoms with Crippen molar-refractivity contribution in [2.24, 2.45) is 0 Å². The first-order valence-electron chi connectivity index (χ1n) is 7.16. The van der Waals surface area contributed by atoms with Gasteiger partial charge in [-0.1, -0.05) is 20.8 Å². The van der Waals surface area contributed by atoms with Crippen molar-refractivity contribution in [3.05, 3.63) is 23.3 Å². The lowest BCUT2D eigenvalue weighted by Crippen LogP contribution is -2.44. The number of carbonyl (C=O) groups is 1. The Bertz CT molecular complexity index is 546. The number of benzene rings is 1. The highest BCUT2D eigenvalue weighted by atomic mass is 28.4. The zero-order chi connectivity index (χ0) is 17.1. The summed E-state index contributed by atoms with van der Waals surface area (Å²) in [5.74, 6) is 0.427. The summed E-state index contributed by atoms with van der Waals surface area (Å²) < 4.78 is 16.3. The van der Waals surface area contributed by atoms with Crippen LogP contribution in [0.4, 0.5) is 0 Å². The molecule has 0 unspecified atom stereocenters. The molecular formula is C16H26O5Si. The second-order valence-corrected chi connectivity index (χ2v) is 11.4. The topological polar surface area (TPSA) is 65.0 Å². The van der Waals surface area contributed by atoms with Crippen molar-refractivity contribution < 1.29 is 23.8 Å². The van der Waals surface area contributed by atoms with Crippen molar-refractivity contribution in [3.8, 4) is 11.5 Å². The van der Waals surface area contributed by atoms with Gasteiger partial charge >= 0.3 is 5.97 Å². The monoisotopic (exact) mass is 326 g/mol. The lowest BCUT2D eigenvalue weighted by molar-refractivity contribution is 0.0600. The Kier molecular flexibility index (Phi) is 5.64. The van der Waals surface area contributed by atoms with Crippen molar-refractivity contribution in [2.45, 2.75) is 45.5 Å². The summed E-state index contributed by atoms with van der Waals surface area (Å²) in [5.41, 5.74) is 0.880. The van der Waals surface area contributed by atoms with Crippen LogP contribution >= 0.6 is 0 Å². The number of hydrogen-bond donors (Lipinski definition) is 1. The van der Waals surface area contributed by atoms with E-state index in [4.69, 9.17) is 13.9 Å². The van der Waals surface area contributed by atoms with Gasteiger partial charge in [-0.15, -0.1) is 0 Å². The fourth-order valence-corrected chi connectivity index (χ4v) is 2.75. The number of ether oxygens (including phenoxy) is 2. The molecule has 0 saturated carbocycles. The molecular weight excluding hydrogens is 300 g/mol. The number of aliphatic hydroxyl groups is 1. The number of rotatable bonds is 5. The van der Waals surface area contributed by atoms with Gasteiger partial charge in [-0.2, -0.15) is 0 Å². The number of aliphatic hydroxyl groups excluding tert-OH is 1. The average molecular weight is 326 g/mol. The van der Waals surface area contributed by atoms with Gasteiger partial charge in [0.1, 0.15) is 11.5 Å². The van der Waals surface area contributed by atoms with Crippen LogP contribution in [0, 0.1) is 0 Å². The molecule has 0 aliphatic carbocycles. The fraction of sp³-hybridized carbons (Fsp3) is 0.562. The maximum atomic E-state index is 11.8. The molecule has 124 valence electrons. The van der Waals surface area contributed by atoms with Gasteiger partial charge in [-0.25, -0.2) is 4.79 Å². The molecule has 1 aromatic rings. The van der Waals surface area contributed by atoms with E-state index in [2.05, 4.69) is 33.9 Å². The van der Waals surface area contributed by atoms with E-state index in [9.17, 15) is 9.90 Å². The van der Waals surface area contributed by atoms with Crippen LogP contribution in [0.1, 0.15) is 36.7 Å². The molecule has 5 nitrogen and oxygen atoms in total. The van der Waals surface area contributed by atoms with Crippen molar-refractivity contribution in [1.29, 1.82) is 0 Å². The SMILES string of the molecule is COC(=O)c1cc(OC)c(CO)c(O[Si](C)(C)C(C)(C)C)c1. The maximum Gasteiger partial charge on any atom is 0.338 e. The predicted octanol–water partition coefficient (Wildman–Crippen LogP) is 3.36. The minimum Gasteiger partial charge on any atom is -0.543 e. The van der Waals surface area contributed by atoms with Crippen LogP contribution in [0.5, 0.6) is 11.5 Å². The third-order valence-corrected chi connectivity index (χ3v) is 8.48. The van der Waals surface area contributed by atoms with E-state index >= 15 is 0 Å². The molecule has 22 heavy (non-hydrogen) atoms. The van der Waals surface area contributed by atoms with E-state index in [1.165, 1.54) is 14.2 Å². The Morgan fingerprint density at radius 3 is 2.14 bits per heavy atom. The molecule has 0 aromatic heterocycles. The molecule has 0 aliphatic rings. The third kappa shape index (κ3) is 3.81. The third-order valence-electron chi connectivity index (χ3n) is 4.14. The van der Waals surface area contributed by atoms with Gasteiger partial charge in [-0.05, 0) is 30.3 Å². The summed E-state index contributed by atoms with van der Waals surface area (Å²) in [6, 6.07) is 3.16. The Balaban J connectivity index is 3.41. The van der Waals surface area contributed by atoms with Crippen LogP contribution < -0.4 is 9.16 Å². The normalized spacial score (nSPS) is 12.0. The van der Waals surface area contributed by atoms with Gasteiger partial charge in [0, 0.05) is 0 Å². The van der Waals surface area contributed by atoms with E-state index in [-0.39, 0.29) is 11.6 Å². The molecule has 0 heterocycles. The minimum absolute atomic E-state index is 0.00572. The van der Waals surface area contributed by atoms with Crippen LogP contribution in [0.15, 0.2) is 12.1 Å². The highest BCUT2D eigenvalue weighted by Crippen LogP contribution is 2.40. The number of esters is 1. The van der Waals surface area contributed by atoms with Gasteiger partial charge in [0.25, 0.3) is 0 Å². The van der Waals surface area contributed by atoms with Crippen molar-refractivity contribution in [1.82, 2.24) is 0 Å². The summed E-state index contributed by atoms with van der Waals surface area (Å²) in [5, 5.41) is 9.65. The highest BCUT2D eigenvalue weighted by molar-refractivity contribution is 6.74. The molecule has 1 rings (SSSR count). The lowest BCUT2D eigenvalue weighted by Gasteiger charge is -2.37. The molecule has 0 bridgehead atoms. The van der Waals surface area contributed by atoms with Crippen LogP contribution in [-0.2, 0) is 11.3 Å². The molecule has 1 N–H and O–H groups in total. The molecule has 0 aliphatic heterocycles. The fourth-order valence-electron chi connectivity index (χ4n) is 1.71. The predicted molar refractivity (Wildman–Crippen MR) is 88.1 cm³/mol. The molecule has 6 heteroatoms. The van der Waals surface area contributed by atoms with Crippen molar-refractivity contribution >= 4 is 14.3 Å². The van der Waals surface area contributed by atoms with Crippen LogP contribution in [0.3, 0.4) is 0 Å². The largest absolute Gasteiger partial charge is 0.543 e. The summed E-state index contributed by atoms with van der Waals surface area (Å²) in [6.45, 7) is 10.4. The smallest absolute Gasteiger partial charge is 0.338 e. The van der Waals surface area contributed by atoms with E-state index in [0.717, 1.165) is 0 Å². The van der Waals surface area contributed by atoms with E-state index in [1.807, 2.05) is 0 Å². The molecule has 0 fully saturated rings. The average Bonchev–Trinajstić information content (AvgIpc) is 2.43. The second-order valence-electron chi connectivity index (χ2n) is 6.67. The molecule has 1 aromatic carbocycles. The quantitative estimate of drug-likeness (QED) is 0.664. The first-order valence-corrected chi connectivity index (χ1v) is 10.1. The van der Waals surface area contributed by atoms with Gasteiger partial charge in [0.15, 0.2) is 0 Å². The van der Waals surface area contributed by atoms with Gasteiger partial charge in [0.2, 0.25) is 8.32 Å². The van der Waals surface area contributed by atoms with Gasteiger partial charge in [-0.3, -0.25) is 0 Å². The lowest BCUT2D eigenvalue weighted by atomic mass is 10.1. The van der Waals surface area contributed by atoms with Crippen LogP contribution in [-0.4, -0.2) is 33.6 Å². The zero-order valence-corrected chi connectivity index (χ0v) is 15.4. The van der Waals surface area contributed by atoms with Gasteiger partial charge in [0.05, 0.1) is 32.0 Å². The number of methoxy groups -OCH3 is 2. The Hall–Kier alpha value is -1.53. The molecule has 0 atom stereocenters. The minimum atomic E-state index is -2.12. The van der Waals surface area contributed by atoms with Gasteiger partial charge < -0.3 is 19.0 Å². The second kappa shape index (κ2) is 6.70. The number of carbonyl (C=O) groups excluding carboxylic acids is 1. The maximum absolute atomic E-state index is 11.8. The molecule has 0 spiro atoms. The zero-order valence-electron chi connectivity index (χ0n) is 14.4. The summed E-state index contributed by atoms with van der Waals surface area (Å²) >= 11 is 0. The summed E-state index contributed by atoms with van der Waals surface area (Å²) in [7, 11) is 0.699. The first kappa shape index (κ1) is 18.5. The Labute approximate surface area is 133 Å². The highest BCUT2D eigenvalue weighted by Gasteiger charge is 2.39. The summed E-state index contributed by atoms with van der Waals surface area (Å²) in [6.07, 6.45) is 0. The van der Waals surface area contributed by atoms with Crippen molar-refractivity contribution in [2.75, 3.05) is 14.2 Å². The van der Waals surface area contributed by atoms with Crippen LogP contribution in [0.25, 0.3) is 0 Å². The van der Waals surface area contributed by atoms with E-state index in [0.29, 0.717) is 22.6 Å². The number of hydrogen-bond acceptors (Lipinski definition) is 5. The molecule has 0 amide bonds. The standard InChI is InChI=1S/C16H26O5Si/c1-16(2,3)22(6,7)21-14-9-11(15(18)20-5)8-13(19-4)12(14)10-17/h8-9,17H,10H2,1-7H3.